The number of halogens is 3. The molecule has 31 heavy (non-hydrogen) atoms. The van der Waals surface area contributed by atoms with Gasteiger partial charge in [-0.15, -0.1) is 11.8 Å². The van der Waals surface area contributed by atoms with Crippen LogP contribution in [0.15, 0.2) is 52.4 Å². The molecule has 3 rings (SSSR count). The fourth-order valence-electron chi connectivity index (χ4n) is 3.12. The lowest BCUT2D eigenvalue weighted by Crippen LogP contribution is -2.28. The number of alkyl halides is 3. The third kappa shape index (κ3) is 5.35. The van der Waals surface area contributed by atoms with Gasteiger partial charge in [-0.1, -0.05) is 50.1 Å². The maximum Gasteiger partial charge on any atom is 0.534 e. The van der Waals surface area contributed by atoms with Crippen molar-refractivity contribution in [1.29, 1.82) is 0 Å². The number of benzene rings is 2. The van der Waals surface area contributed by atoms with Gasteiger partial charge in [0.1, 0.15) is 0 Å². The van der Waals surface area contributed by atoms with Gasteiger partial charge in [0.15, 0.2) is 11.5 Å². The van der Waals surface area contributed by atoms with E-state index in [1.807, 2.05) is 30.3 Å². The molecule has 0 saturated carbocycles. The van der Waals surface area contributed by atoms with E-state index in [1.165, 1.54) is 31.0 Å². The van der Waals surface area contributed by atoms with Crippen LogP contribution < -0.4 is 8.92 Å². The number of nitrogens with zero attached hydrogens (tertiary/aromatic N) is 1. The third-order valence-corrected chi connectivity index (χ3v) is 6.85. The first kappa shape index (κ1) is 23.5. The molecule has 5 nitrogen and oxygen atoms in total. The smallest absolute Gasteiger partial charge is 0.493 e. The number of methoxy groups -OCH3 is 1. The quantitative estimate of drug-likeness (QED) is 0.397. The molecule has 0 amide bonds. The van der Waals surface area contributed by atoms with Gasteiger partial charge in [-0.2, -0.15) is 21.6 Å². The van der Waals surface area contributed by atoms with E-state index >= 15 is 0 Å². The summed E-state index contributed by atoms with van der Waals surface area (Å²) in [5.41, 5.74) is -3.35. The molecule has 168 valence electrons. The lowest BCUT2D eigenvalue weighted by Gasteiger charge is -2.16. The van der Waals surface area contributed by atoms with Crippen molar-refractivity contribution in [1.82, 2.24) is 0 Å². The van der Waals surface area contributed by atoms with Crippen LogP contribution >= 0.6 is 11.8 Å². The molecule has 0 unspecified atom stereocenters. The standard InChI is InChI=1S/C21H22F3NO4S2/c1-3-4-10-15-13-30-19-12-18(29-31(26,27)21(22,23)24)17(28-2)11-16(19)20(25-15)14-8-6-5-7-9-14/h5-9,11-12,15H,3-4,10,13H2,1-2H3/t15-/m1/s1. The van der Waals surface area contributed by atoms with Gasteiger partial charge in [-0.25, -0.2) is 0 Å². The summed E-state index contributed by atoms with van der Waals surface area (Å²) in [6.45, 7) is 2.09. The van der Waals surface area contributed by atoms with Crippen molar-refractivity contribution in [3.8, 4) is 11.5 Å². The van der Waals surface area contributed by atoms with Crippen LogP contribution in [0.5, 0.6) is 11.5 Å². The summed E-state index contributed by atoms with van der Waals surface area (Å²) in [7, 11) is -4.59. The Morgan fingerprint density at radius 2 is 1.87 bits per heavy atom. The van der Waals surface area contributed by atoms with Gasteiger partial charge >= 0.3 is 15.6 Å². The minimum Gasteiger partial charge on any atom is -0.493 e. The molecular formula is C21H22F3NO4S2. The predicted molar refractivity (Wildman–Crippen MR) is 115 cm³/mol. The van der Waals surface area contributed by atoms with Crippen molar-refractivity contribution < 1.29 is 30.5 Å². The second-order valence-corrected chi connectivity index (χ2v) is 9.53. The van der Waals surface area contributed by atoms with Gasteiger partial charge in [-0.05, 0) is 12.5 Å². The van der Waals surface area contributed by atoms with Gasteiger partial charge in [0.2, 0.25) is 0 Å². The van der Waals surface area contributed by atoms with Crippen molar-refractivity contribution in [2.75, 3.05) is 12.9 Å². The highest BCUT2D eigenvalue weighted by molar-refractivity contribution is 7.99. The summed E-state index contributed by atoms with van der Waals surface area (Å²) >= 11 is 1.41. The summed E-state index contributed by atoms with van der Waals surface area (Å²) in [5, 5.41) is 0. The first-order chi connectivity index (χ1) is 14.7. The highest BCUT2D eigenvalue weighted by atomic mass is 32.2. The number of fused-ring (bicyclic) bond motifs is 1. The molecule has 0 N–H and O–H groups in total. The van der Waals surface area contributed by atoms with Crippen LogP contribution in [0.2, 0.25) is 0 Å². The van der Waals surface area contributed by atoms with Gasteiger partial charge in [0, 0.05) is 27.8 Å². The minimum absolute atomic E-state index is 0.0156. The molecular weight excluding hydrogens is 451 g/mol. The summed E-state index contributed by atoms with van der Waals surface area (Å²) in [6.07, 6.45) is 2.89. The summed E-state index contributed by atoms with van der Waals surface area (Å²) in [4.78, 5) is 5.52. The molecule has 10 heteroatoms. The zero-order valence-electron chi connectivity index (χ0n) is 17.0. The van der Waals surface area contributed by atoms with E-state index in [0.29, 0.717) is 21.9 Å². The second kappa shape index (κ2) is 9.52. The average molecular weight is 474 g/mol. The maximum atomic E-state index is 12.8. The van der Waals surface area contributed by atoms with Crippen molar-refractivity contribution in [3.05, 3.63) is 53.6 Å². The van der Waals surface area contributed by atoms with Crippen molar-refractivity contribution in [2.45, 2.75) is 42.6 Å². The Morgan fingerprint density at radius 3 is 2.48 bits per heavy atom. The molecule has 1 atom stereocenters. The molecule has 0 bridgehead atoms. The van der Waals surface area contributed by atoms with Gasteiger partial charge in [0.05, 0.1) is 18.9 Å². The third-order valence-electron chi connectivity index (χ3n) is 4.68. The van der Waals surface area contributed by atoms with Gasteiger partial charge in [-0.3, -0.25) is 4.99 Å². The van der Waals surface area contributed by atoms with E-state index in [1.54, 1.807) is 0 Å². The maximum absolute atomic E-state index is 12.8. The molecule has 1 aliphatic rings. The van der Waals surface area contributed by atoms with Crippen molar-refractivity contribution in [3.63, 3.8) is 0 Å². The number of hydrogen-bond acceptors (Lipinski definition) is 6. The molecule has 0 aromatic heterocycles. The normalized spacial score (nSPS) is 16.8. The first-order valence-electron chi connectivity index (χ1n) is 9.65. The minimum atomic E-state index is -5.83. The average Bonchev–Trinajstić information content (AvgIpc) is 2.90. The number of aliphatic imine (C=N–C) groups is 1. The SMILES string of the molecule is CCCC[C@@H]1CSc2cc(OS(=O)(=O)C(F)(F)F)c(OC)cc2C(c2ccccc2)=N1. The first-order valence-corrected chi connectivity index (χ1v) is 12.0. The monoisotopic (exact) mass is 473 g/mol. The molecule has 2 aromatic carbocycles. The summed E-state index contributed by atoms with van der Waals surface area (Å²) in [5.74, 6) is -0.0190. The van der Waals surface area contributed by atoms with Crippen LogP contribution in [-0.4, -0.2) is 38.5 Å². The van der Waals surface area contributed by atoms with E-state index in [9.17, 15) is 21.6 Å². The van der Waals surface area contributed by atoms with E-state index in [0.717, 1.165) is 24.8 Å². The van der Waals surface area contributed by atoms with E-state index in [-0.39, 0.29) is 11.8 Å². The highest BCUT2D eigenvalue weighted by Crippen LogP contribution is 2.41. The summed E-state index contributed by atoms with van der Waals surface area (Å²) in [6, 6.07) is 12.2. The Hall–Kier alpha value is -2.20. The van der Waals surface area contributed by atoms with Crippen LogP contribution in [0.1, 0.15) is 37.3 Å². The van der Waals surface area contributed by atoms with E-state index in [2.05, 4.69) is 11.1 Å². The Morgan fingerprint density at radius 1 is 1.16 bits per heavy atom. The Balaban J connectivity index is 2.11. The van der Waals surface area contributed by atoms with Crippen LogP contribution in [0.3, 0.4) is 0 Å². The molecule has 0 radical (unpaired) electrons. The molecule has 1 aliphatic heterocycles. The lowest BCUT2D eigenvalue weighted by molar-refractivity contribution is -0.0500. The number of unbranched alkanes of at least 4 members (excludes halogenated alkanes) is 1. The molecule has 1 heterocycles. The molecule has 0 spiro atoms. The predicted octanol–water partition coefficient (Wildman–Crippen LogP) is 5.43. The van der Waals surface area contributed by atoms with E-state index < -0.39 is 21.4 Å². The molecule has 0 fully saturated rings. The van der Waals surface area contributed by atoms with Gasteiger partial charge < -0.3 is 8.92 Å². The number of rotatable bonds is 7. The lowest BCUT2D eigenvalue weighted by atomic mass is 10.0. The Kier molecular flexibility index (Phi) is 7.20. The van der Waals surface area contributed by atoms with Gasteiger partial charge in [0.25, 0.3) is 0 Å². The fraction of sp³-hybridized carbons (Fsp3) is 0.381. The molecule has 2 aromatic rings. The van der Waals surface area contributed by atoms with Crippen molar-refractivity contribution >= 4 is 27.6 Å². The van der Waals surface area contributed by atoms with E-state index in [4.69, 9.17) is 9.73 Å². The molecule has 0 saturated heterocycles. The zero-order valence-corrected chi connectivity index (χ0v) is 18.6. The van der Waals surface area contributed by atoms with Crippen LogP contribution in [0.4, 0.5) is 13.2 Å². The Bertz CT molecular complexity index is 1050. The van der Waals surface area contributed by atoms with Crippen molar-refractivity contribution in [2.24, 2.45) is 4.99 Å². The topological polar surface area (TPSA) is 65.0 Å². The summed E-state index contributed by atoms with van der Waals surface area (Å²) < 4.78 is 71.2. The number of hydrogen-bond donors (Lipinski definition) is 0. The fourth-order valence-corrected chi connectivity index (χ4v) is 4.70. The second-order valence-electron chi connectivity index (χ2n) is 6.93. The number of ether oxygens (including phenoxy) is 1. The van der Waals surface area contributed by atoms with Crippen LogP contribution in [-0.2, 0) is 10.1 Å². The van der Waals surface area contributed by atoms with Crippen LogP contribution in [0, 0.1) is 0 Å². The Labute approximate surface area is 183 Å². The zero-order chi connectivity index (χ0) is 22.6. The molecule has 0 aliphatic carbocycles. The highest BCUT2D eigenvalue weighted by Gasteiger charge is 2.49. The number of thioether (sulfide) groups is 1. The largest absolute Gasteiger partial charge is 0.534 e. The van der Waals surface area contributed by atoms with Crippen LogP contribution in [0.25, 0.3) is 0 Å².